The van der Waals surface area contributed by atoms with Crippen molar-refractivity contribution < 1.29 is 5.11 Å². The lowest BCUT2D eigenvalue weighted by molar-refractivity contribution is 0.112. The molecular weight excluding hydrogens is 248 g/mol. The van der Waals surface area contributed by atoms with Gasteiger partial charge in [-0.05, 0) is 69.9 Å². The van der Waals surface area contributed by atoms with Crippen LogP contribution in [0.3, 0.4) is 0 Å². The summed E-state index contributed by atoms with van der Waals surface area (Å²) >= 11 is 0. The van der Waals surface area contributed by atoms with Gasteiger partial charge in [0.25, 0.3) is 0 Å². The van der Waals surface area contributed by atoms with E-state index in [1.54, 1.807) is 0 Å². The van der Waals surface area contributed by atoms with Crippen LogP contribution in [0, 0.1) is 23.7 Å². The highest BCUT2D eigenvalue weighted by atomic mass is 16.3. The van der Waals surface area contributed by atoms with E-state index in [9.17, 15) is 5.11 Å². The Morgan fingerprint density at radius 3 is 2.45 bits per heavy atom. The minimum Gasteiger partial charge on any atom is -0.393 e. The Hall–Kier alpha value is -0.120. The highest BCUT2D eigenvalue weighted by Gasteiger charge is 2.34. The zero-order valence-corrected chi connectivity index (χ0v) is 13.8. The van der Waals surface area contributed by atoms with Crippen LogP contribution in [0.2, 0.25) is 0 Å². The van der Waals surface area contributed by atoms with Crippen LogP contribution in [0.25, 0.3) is 0 Å². The Morgan fingerprint density at radius 2 is 1.90 bits per heavy atom. The molecule has 2 rings (SSSR count). The standard InChI is InChI=1S/C17H34N2O/c1-12(2)14-5-6-17(18-4)16(9-14)11-19-8-7-15(10-19)13(3)20/h12-18,20H,5-11H2,1-4H3. The second-order valence-electron chi connectivity index (χ2n) is 7.52. The largest absolute Gasteiger partial charge is 0.393 e. The van der Waals surface area contributed by atoms with Crippen LogP contribution in [0.15, 0.2) is 0 Å². The van der Waals surface area contributed by atoms with Crippen molar-refractivity contribution >= 4 is 0 Å². The molecule has 118 valence electrons. The Kier molecular flexibility index (Phi) is 5.88. The number of nitrogens with one attached hydrogen (secondary N) is 1. The number of aliphatic hydroxyl groups is 1. The molecule has 0 aromatic rings. The number of aliphatic hydroxyl groups excluding tert-OH is 1. The maximum absolute atomic E-state index is 9.75. The van der Waals surface area contributed by atoms with E-state index < -0.39 is 0 Å². The predicted molar refractivity (Wildman–Crippen MR) is 84.7 cm³/mol. The molecule has 0 amide bonds. The molecule has 1 aliphatic carbocycles. The van der Waals surface area contributed by atoms with Gasteiger partial charge in [0.2, 0.25) is 0 Å². The first-order chi connectivity index (χ1) is 9.51. The molecule has 5 unspecified atom stereocenters. The summed E-state index contributed by atoms with van der Waals surface area (Å²) in [6.07, 6.45) is 5.12. The van der Waals surface area contributed by atoms with Crippen molar-refractivity contribution in [3.05, 3.63) is 0 Å². The van der Waals surface area contributed by atoms with Gasteiger partial charge in [-0.1, -0.05) is 13.8 Å². The zero-order chi connectivity index (χ0) is 14.7. The van der Waals surface area contributed by atoms with Gasteiger partial charge in [-0.15, -0.1) is 0 Å². The third-order valence-electron chi connectivity index (χ3n) is 5.82. The molecule has 5 atom stereocenters. The molecule has 3 heteroatoms. The van der Waals surface area contributed by atoms with Gasteiger partial charge in [0.15, 0.2) is 0 Å². The van der Waals surface area contributed by atoms with Crippen LogP contribution in [-0.2, 0) is 0 Å². The summed E-state index contributed by atoms with van der Waals surface area (Å²) in [4.78, 5) is 2.59. The van der Waals surface area contributed by atoms with E-state index in [1.807, 2.05) is 6.92 Å². The van der Waals surface area contributed by atoms with Gasteiger partial charge in [0.1, 0.15) is 0 Å². The van der Waals surface area contributed by atoms with E-state index in [0.29, 0.717) is 12.0 Å². The summed E-state index contributed by atoms with van der Waals surface area (Å²) in [7, 11) is 2.12. The van der Waals surface area contributed by atoms with E-state index >= 15 is 0 Å². The summed E-state index contributed by atoms with van der Waals surface area (Å²) in [5.74, 6) is 3.00. The molecule has 0 bridgehead atoms. The summed E-state index contributed by atoms with van der Waals surface area (Å²) in [6.45, 7) is 10.2. The first kappa shape index (κ1) is 16.3. The number of likely N-dealkylation sites (tertiary alicyclic amines) is 1. The van der Waals surface area contributed by atoms with Crippen LogP contribution in [0.1, 0.15) is 46.5 Å². The van der Waals surface area contributed by atoms with Crippen molar-refractivity contribution in [2.24, 2.45) is 23.7 Å². The monoisotopic (exact) mass is 282 g/mol. The molecule has 20 heavy (non-hydrogen) atoms. The van der Waals surface area contributed by atoms with E-state index in [2.05, 4.69) is 31.1 Å². The molecule has 1 aliphatic heterocycles. The number of hydrogen-bond donors (Lipinski definition) is 2. The molecule has 0 spiro atoms. The average Bonchev–Trinajstić information content (AvgIpc) is 2.87. The first-order valence-corrected chi connectivity index (χ1v) is 8.59. The zero-order valence-electron chi connectivity index (χ0n) is 13.8. The molecule has 3 nitrogen and oxygen atoms in total. The second-order valence-corrected chi connectivity index (χ2v) is 7.52. The highest BCUT2D eigenvalue weighted by Crippen LogP contribution is 2.35. The van der Waals surface area contributed by atoms with Crippen molar-refractivity contribution in [3.8, 4) is 0 Å². The van der Waals surface area contributed by atoms with Crippen LogP contribution in [-0.4, -0.2) is 48.8 Å². The van der Waals surface area contributed by atoms with E-state index in [0.717, 1.165) is 24.3 Å². The Bertz CT molecular complexity index is 293. The van der Waals surface area contributed by atoms with Gasteiger partial charge in [-0.2, -0.15) is 0 Å². The van der Waals surface area contributed by atoms with E-state index in [4.69, 9.17) is 0 Å². The van der Waals surface area contributed by atoms with E-state index in [1.165, 1.54) is 38.8 Å². The minimum absolute atomic E-state index is 0.144. The van der Waals surface area contributed by atoms with Gasteiger partial charge in [0, 0.05) is 19.1 Å². The average molecular weight is 282 g/mol. The van der Waals surface area contributed by atoms with Gasteiger partial charge >= 0.3 is 0 Å². The third kappa shape index (κ3) is 3.96. The third-order valence-corrected chi connectivity index (χ3v) is 5.82. The van der Waals surface area contributed by atoms with Gasteiger partial charge in [-0.25, -0.2) is 0 Å². The van der Waals surface area contributed by atoms with Crippen LogP contribution >= 0.6 is 0 Å². The molecular formula is C17H34N2O. The summed E-state index contributed by atoms with van der Waals surface area (Å²) < 4.78 is 0. The minimum atomic E-state index is -0.144. The van der Waals surface area contributed by atoms with E-state index in [-0.39, 0.29) is 6.10 Å². The summed E-state index contributed by atoms with van der Waals surface area (Å²) in [5.41, 5.74) is 0. The molecule has 0 aromatic heterocycles. The van der Waals surface area contributed by atoms with Crippen molar-refractivity contribution in [3.63, 3.8) is 0 Å². The summed E-state index contributed by atoms with van der Waals surface area (Å²) in [6, 6.07) is 0.690. The number of rotatable bonds is 5. The lowest BCUT2D eigenvalue weighted by Crippen LogP contribution is -2.45. The predicted octanol–water partition coefficient (Wildman–Crippen LogP) is 2.35. The Morgan fingerprint density at radius 1 is 1.15 bits per heavy atom. The van der Waals surface area contributed by atoms with Gasteiger partial charge in [0.05, 0.1) is 6.10 Å². The molecule has 1 saturated carbocycles. The molecule has 2 fully saturated rings. The first-order valence-electron chi connectivity index (χ1n) is 8.59. The smallest absolute Gasteiger partial charge is 0.0552 e. The fourth-order valence-electron chi connectivity index (χ4n) is 4.24. The van der Waals surface area contributed by atoms with Crippen LogP contribution < -0.4 is 5.32 Å². The fourth-order valence-corrected chi connectivity index (χ4v) is 4.24. The maximum Gasteiger partial charge on any atom is 0.0552 e. The van der Waals surface area contributed by atoms with Crippen molar-refractivity contribution in [2.75, 3.05) is 26.7 Å². The van der Waals surface area contributed by atoms with Gasteiger partial charge < -0.3 is 15.3 Å². The SMILES string of the molecule is CNC1CCC(C(C)C)CC1CN1CCC(C(C)O)C1. The van der Waals surface area contributed by atoms with Gasteiger partial charge in [-0.3, -0.25) is 0 Å². The molecule has 0 radical (unpaired) electrons. The second kappa shape index (κ2) is 7.24. The normalized spacial score (nSPS) is 37.5. The lowest BCUT2D eigenvalue weighted by atomic mass is 9.73. The Labute approximate surface area is 125 Å². The van der Waals surface area contributed by atoms with Crippen molar-refractivity contribution in [1.82, 2.24) is 10.2 Å². The maximum atomic E-state index is 9.75. The molecule has 0 aromatic carbocycles. The Balaban J connectivity index is 1.88. The summed E-state index contributed by atoms with van der Waals surface area (Å²) in [5, 5.41) is 13.3. The lowest BCUT2D eigenvalue weighted by Gasteiger charge is -2.39. The fraction of sp³-hybridized carbons (Fsp3) is 1.00. The molecule has 1 heterocycles. The number of hydrogen-bond acceptors (Lipinski definition) is 3. The van der Waals surface area contributed by atoms with Crippen LogP contribution in [0.4, 0.5) is 0 Å². The number of nitrogens with zero attached hydrogens (tertiary/aromatic N) is 1. The molecule has 2 N–H and O–H groups in total. The van der Waals surface area contributed by atoms with Crippen molar-refractivity contribution in [1.29, 1.82) is 0 Å². The quantitative estimate of drug-likeness (QED) is 0.812. The highest BCUT2D eigenvalue weighted by molar-refractivity contribution is 4.89. The van der Waals surface area contributed by atoms with Crippen LogP contribution in [0.5, 0.6) is 0 Å². The molecule has 2 aliphatic rings. The topological polar surface area (TPSA) is 35.5 Å². The molecule has 1 saturated heterocycles. The van der Waals surface area contributed by atoms with Crippen molar-refractivity contribution in [2.45, 2.75) is 58.6 Å².